The lowest BCUT2D eigenvalue weighted by molar-refractivity contribution is 0.923. The third kappa shape index (κ3) is 4.96. The molecule has 0 spiro atoms. The van der Waals surface area contributed by atoms with Crippen molar-refractivity contribution in [3.8, 4) is 0 Å². The van der Waals surface area contributed by atoms with E-state index in [4.69, 9.17) is 0 Å². The number of rotatable bonds is 6. The van der Waals surface area contributed by atoms with Crippen LogP contribution in [-0.2, 0) is 12.8 Å². The highest BCUT2D eigenvalue weighted by molar-refractivity contribution is 7.17. The summed E-state index contributed by atoms with van der Waals surface area (Å²) in [5.41, 5.74) is 9.93. The van der Waals surface area contributed by atoms with Gasteiger partial charge in [-0.1, -0.05) is 79.4 Å². The Labute approximate surface area is 166 Å². The minimum atomic E-state index is 0.427. The first-order valence-corrected chi connectivity index (χ1v) is 10.4. The van der Waals surface area contributed by atoms with E-state index < -0.39 is 0 Å². The van der Waals surface area contributed by atoms with Crippen molar-refractivity contribution in [2.75, 3.05) is 0 Å². The average Bonchev–Trinajstić information content (AvgIpc) is 2.71. The predicted octanol–water partition coefficient (Wildman–Crippen LogP) is 7.34. The van der Waals surface area contributed by atoms with Crippen LogP contribution in [0.5, 0.6) is 0 Å². The Bertz CT molecular complexity index is 894. The third-order valence-electron chi connectivity index (χ3n) is 5.39. The molecule has 2 unspecified atom stereocenters. The van der Waals surface area contributed by atoms with Gasteiger partial charge in [-0.05, 0) is 72.1 Å². The molecule has 0 bridgehead atoms. The number of hydrogen-bond donors (Lipinski definition) is 0. The monoisotopic (exact) mass is 372 g/mol. The van der Waals surface area contributed by atoms with Gasteiger partial charge in [-0.15, -0.1) is 9.24 Å². The molecule has 1 aliphatic carbocycles. The van der Waals surface area contributed by atoms with Gasteiger partial charge in [0.25, 0.3) is 0 Å². The van der Waals surface area contributed by atoms with E-state index in [1.165, 1.54) is 51.8 Å². The molecule has 0 heterocycles. The van der Waals surface area contributed by atoms with Crippen LogP contribution < -0.4 is 0 Å². The molecule has 3 rings (SSSR count). The Hall–Kier alpha value is -2.17. The van der Waals surface area contributed by atoms with E-state index in [0.29, 0.717) is 5.66 Å². The van der Waals surface area contributed by atoms with Crippen molar-refractivity contribution < 1.29 is 0 Å². The SMILES string of the molecule is C=C/C=C\C(C)=C(/C)c1ccc(C(P)Cc2ccc3c(c2)C=CCC3)cc1. The lowest BCUT2D eigenvalue weighted by Crippen LogP contribution is -1.99. The van der Waals surface area contributed by atoms with E-state index in [1.54, 1.807) is 0 Å². The lowest BCUT2D eigenvalue weighted by Gasteiger charge is -2.16. The molecular weight excluding hydrogens is 343 g/mol. The first-order chi connectivity index (χ1) is 13.1. The molecule has 2 atom stereocenters. The molecule has 0 fully saturated rings. The standard InChI is InChI=1S/C26H29P/c1-4-5-8-19(2)20(3)22-13-15-24(16-14-22)26(27)18-21-11-12-23-9-6-7-10-25(23)17-21/h4-5,7-8,10-17,26H,1,6,9,18,27H2,2-3H3/b8-5-,20-19+. The molecular formula is C26H29P. The van der Waals surface area contributed by atoms with E-state index >= 15 is 0 Å². The number of aryl methyl sites for hydroxylation is 1. The molecule has 0 aromatic heterocycles. The van der Waals surface area contributed by atoms with Gasteiger partial charge in [-0.2, -0.15) is 0 Å². The highest BCUT2D eigenvalue weighted by Crippen LogP contribution is 2.30. The lowest BCUT2D eigenvalue weighted by atomic mass is 9.93. The Balaban J connectivity index is 1.73. The summed E-state index contributed by atoms with van der Waals surface area (Å²) in [6, 6.07) is 16.0. The maximum Gasteiger partial charge on any atom is 0.00257 e. The molecule has 0 aliphatic heterocycles. The minimum absolute atomic E-state index is 0.427. The van der Waals surface area contributed by atoms with Gasteiger partial charge >= 0.3 is 0 Å². The van der Waals surface area contributed by atoms with Gasteiger partial charge in [0.2, 0.25) is 0 Å². The second kappa shape index (κ2) is 9.16. The summed E-state index contributed by atoms with van der Waals surface area (Å²) < 4.78 is 0. The normalized spacial score (nSPS) is 15.4. The van der Waals surface area contributed by atoms with Crippen LogP contribution in [0.15, 0.2) is 78.9 Å². The topological polar surface area (TPSA) is 0 Å². The molecule has 1 aliphatic rings. The zero-order chi connectivity index (χ0) is 19.2. The molecule has 0 saturated heterocycles. The molecule has 0 amide bonds. The summed E-state index contributed by atoms with van der Waals surface area (Å²) in [5, 5.41) is 0. The molecule has 0 radical (unpaired) electrons. The zero-order valence-corrected chi connectivity index (χ0v) is 17.6. The Morgan fingerprint density at radius 2 is 1.93 bits per heavy atom. The summed E-state index contributed by atoms with van der Waals surface area (Å²) in [7, 11) is 3.02. The van der Waals surface area contributed by atoms with E-state index in [2.05, 4.69) is 90.4 Å². The van der Waals surface area contributed by atoms with Gasteiger partial charge < -0.3 is 0 Å². The van der Waals surface area contributed by atoms with Crippen LogP contribution in [0.2, 0.25) is 0 Å². The molecule has 0 saturated carbocycles. The Kier molecular flexibility index (Phi) is 6.64. The zero-order valence-electron chi connectivity index (χ0n) is 16.4. The molecule has 0 nitrogen and oxygen atoms in total. The molecule has 1 heteroatoms. The molecule has 2 aromatic carbocycles. The van der Waals surface area contributed by atoms with Crippen LogP contribution in [-0.4, -0.2) is 0 Å². The predicted molar refractivity (Wildman–Crippen MR) is 124 cm³/mol. The second-order valence-electron chi connectivity index (χ2n) is 7.31. The van der Waals surface area contributed by atoms with Crippen LogP contribution in [0.1, 0.15) is 53.7 Å². The van der Waals surface area contributed by atoms with E-state index in [-0.39, 0.29) is 0 Å². The van der Waals surface area contributed by atoms with Crippen molar-refractivity contribution in [2.45, 2.75) is 38.8 Å². The minimum Gasteiger partial charge on any atom is -0.129 e. The van der Waals surface area contributed by atoms with Gasteiger partial charge in [0.15, 0.2) is 0 Å². The maximum absolute atomic E-state index is 3.74. The van der Waals surface area contributed by atoms with E-state index in [1.807, 2.05) is 12.2 Å². The first-order valence-electron chi connectivity index (χ1n) is 9.69. The molecule has 2 aromatic rings. The number of hydrogen-bond acceptors (Lipinski definition) is 0. The first kappa shape index (κ1) is 19.6. The van der Waals surface area contributed by atoms with Crippen LogP contribution in [0.3, 0.4) is 0 Å². The van der Waals surface area contributed by atoms with Gasteiger partial charge in [-0.3, -0.25) is 0 Å². The highest BCUT2D eigenvalue weighted by atomic mass is 31.0. The summed E-state index contributed by atoms with van der Waals surface area (Å²) in [5.74, 6) is 0. The third-order valence-corrected chi connectivity index (χ3v) is 6.01. The highest BCUT2D eigenvalue weighted by Gasteiger charge is 2.10. The molecule has 138 valence electrons. The summed E-state index contributed by atoms with van der Waals surface area (Å²) >= 11 is 0. The van der Waals surface area contributed by atoms with Crippen LogP contribution in [0.25, 0.3) is 11.6 Å². The van der Waals surface area contributed by atoms with Gasteiger partial charge in [0.05, 0.1) is 0 Å². The van der Waals surface area contributed by atoms with Crippen molar-refractivity contribution in [3.05, 3.63) is 107 Å². The smallest absolute Gasteiger partial charge is 0.00257 e. The fourth-order valence-corrected chi connectivity index (χ4v) is 4.01. The Morgan fingerprint density at radius 3 is 2.67 bits per heavy atom. The average molecular weight is 372 g/mol. The number of benzene rings is 2. The van der Waals surface area contributed by atoms with Crippen LogP contribution in [0, 0.1) is 0 Å². The summed E-state index contributed by atoms with van der Waals surface area (Å²) in [6.45, 7) is 8.06. The van der Waals surface area contributed by atoms with E-state index in [0.717, 1.165) is 6.42 Å². The van der Waals surface area contributed by atoms with E-state index in [9.17, 15) is 0 Å². The second-order valence-corrected chi connectivity index (χ2v) is 8.11. The summed E-state index contributed by atoms with van der Waals surface area (Å²) in [6.07, 6.45) is 13.8. The van der Waals surface area contributed by atoms with Gasteiger partial charge in [0.1, 0.15) is 0 Å². The van der Waals surface area contributed by atoms with Crippen molar-refractivity contribution in [1.29, 1.82) is 0 Å². The number of fused-ring (bicyclic) bond motifs is 1. The Morgan fingerprint density at radius 1 is 1.15 bits per heavy atom. The number of allylic oxidation sites excluding steroid dienone is 6. The fourth-order valence-electron chi connectivity index (χ4n) is 3.52. The maximum atomic E-state index is 3.74. The van der Waals surface area contributed by atoms with Gasteiger partial charge in [0, 0.05) is 5.66 Å². The van der Waals surface area contributed by atoms with Crippen LogP contribution >= 0.6 is 9.24 Å². The largest absolute Gasteiger partial charge is 0.129 e. The molecule has 0 N–H and O–H groups in total. The van der Waals surface area contributed by atoms with Crippen LogP contribution in [0.4, 0.5) is 0 Å². The van der Waals surface area contributed by atoms with Crippen molar-refractivity contribution in [2.24, 2.45) is 0 Å². The van der Waals surface area contributed by atoms with Crippen molar-refractivity contribution >= 4 is 20.9 Å². The molecule has 27 heavy (non-hydrogen) atoms. The van der Waals surface area contributed by atoms with Crippen molar-refractivity contribution in [1.82, 2.24) is 0 Å². The summed E-state index contributed by atoms with van der Waals surface area (Å²) in [4.78, 5) is 0. The van der Waals surface area contributed by atoms with Crippen molar-refractivity contribution in [3.63, 3.8) is 0 Å². The van der Waals surface area contributed by atoms with Gasteiger partial charge in [-0.25, -0.2) is 0 Å². The quantitative estimate of drug-likeness (QED) is 0.367. The fraction of sp³-hybridized carbons (Fsp3) is 0.231.